The highest BCUT2D eigenvalue weighted by Gasteiger charge is 2.45. The zero-order valence-corrected chi connectivity index (χ0v) is 10.7. The number of hydrogen-bond acceptors (Lipinski definition) is 3. The molecule has 1 nitrogen and oxygen atoms in total. The normalized spacial score (nSPS) is 17.5. The summed E-state index contributed by atoms with van der Waals surface area (Å²) in [4.78, 5) is 2.50. The fraction of sp³-hybridized carbons (Fsp3) is 0.385. The van der Waals surface area contributed by atoms with Gasteiger partial charge in [-0.3, -0.25) is 0 Å². The number of methoxy groups -OCH3 is 1. The second kappa shape index (κ2) is 3.59. The second-order valence-electron chi connectivity index (χ2n) is 4.31. The lowest BCUT2D eigenvalue weighted by Gasteiger charge is -2.10. The van der Waals surface area contributed by atoms with Gasteiger partial charge in [0.2, 0.25) is 0 Å². The van der Waals surface area contributed by atoms with Crippen molar-refractivity contribution in [2.75, 3.05) is 13.7 Å². The van der Waals surface area contributed by atoms with Crippen LogP contribution in [0.1, 0.15) is 22.6 Å². The summed E-state index contributed by atoms with van der Waals surface area (Å²) in [6.07, 6.45) is 7.92. The zero-order chi connectivity index (χ0) is 11.2. The maximum Gasteiger partial charge on any atom is 0.0786 e. The maximum atomic E-state index is 5.40. The fourth-order valence-electron chi connectivity index (χ4n) is 2.06. The van der Waals surface area contributed by atoms with E-state index in [0.717, 1.165) is 11.5 Å². The first-order valence-electron chi connectivity index (χ1n) is 5.27. The number of fused-ring (bicyclic) bond motifs is 1. The van der Waals surface area contributed by atoms with Crippen LogP contribution in [-0.4, -0.2) is 13.7 Å². The average molecular weight is 248 g/mol. The lowest BCUT2D eigenvalue weighted by Crippen LogP contribution is -2.11. The summed E-state index contributed by atoms with van der Waals surface area (Å²) >= 11 is 3.59. The molecule has 2 heterocycles. The molecule has 0 spiro atoms. The van der Waals surface area contributed by atoms with E-state index in [1.807, 2.05) is 11.3 Å². The number of terminal acetylenes is 1. The predicted octanol–water partition coefficient (Wildman–Crippen LogP) is 3.62. The summed E-state index contributed by atoms with van der Waals surface area (Å²) in [5.41, 5.74) is 0.328. The van der Waals surface area contributed by atoms with Crippen LogP contribution in [0.2, 0.25) is 0 Å². The van der Waals surface area contributed by atoms with Crippen molar-refractivity contribution < 1.29 is 4.74 Å². The van der Waals surface area contributed by atoms with Gasteiger partial charge in [-0.2, -0.15) is 0 Å². The molecule has 0 bridgehead atoms. The van der Waals surface area contributed by atoms with Crippen LogP contribution in [0.25, 0.3) is 9.40 Å². The van der Waals surface area contributed by atoms with Crippen molar-refractivity contribution in [2.24, 2.45) is 0 Å². The minimum atomic E-state index is 0.328. The summed E-state index contributed by atoms with van der Waals surface area (Å²) in [7, 11) is 1.78. The third kappa shape index (κ3) is 1.49. The van der Waals surface area contributed by atoms with Crippen LogP contribution < -0.4 is 0 Å². The van der Waals surface area contributed by atoms with Gasteiger partial charge >= 0.3 is 0 Å². The van der Waals surface area contributed by atoms with Crippen LogP contribution in [-0.2, 0) is 10.2 Å². The van der Waals surface area contributed by atoms with E-state index in [2.05, 4.69) is 18.1 Å². The molecule has 0 radical (unpaired) electrons. The molecular weight excluding hydrogens is 236 g/mol. The van der Waals surface area contributed by atoms with Crippen LogP contribution in [0.4, 0.5) is 0 Å². The van der Waals surface area contributed by atoms with E-state index in [4.69, 9.17) is 11.2 Å². The molecule has 1 saturated carbocycles. The number of ether oxygens (including phenoxy) is 1. The van der Waals surface area contributed by atoms with Gasteiger partial charge in [0, 0.05) is 26.8 Å². The lowest BCUT2D eigenvalue weighted by molar-refractivity contribution is 0.172. The molecule has 2 aromatic heterocycles. The maximum absolute atomic E-state index is 5.40. The first-order valence-corrected chi connectivity index (χ1v) is 6.90. The molecule has 1 fully saturated rings. The molecule has 0 atom stereocenters. The van der Waals surface area contributed by atoms with Crippen molar-refractivity contribution in [3.63, 3.8) is 0 Å². The quantitative estimate of drug-likeness (QED) is 0.754. The van der Waals surface area contributed by atoms with Gasteiger partial charge in [0.15, 0.2) is 0 Å². The molecule has 0 N–H and O–H groups in total. The summed E-state index contributed by atoms with van der Waals surface area (Å²) in [6, 6.07) is 4.43. The van der Waals surface area contributed by atoms with Crippen molar-refractivity contribution in [3.8, 4) is 12.3 Å². The second-order valence-corrected chi connectivity index (χ2v) is 6.48. The monoisotopic (exact) mass is 248 g/mol. The van der Waals surface area contributed by atoms with E-state index in [1.165, 1.54) is 27.1 Å². The topological polar surface area (TPSA) is 9.23 Å². The van der Waals surface area contributed by atoms with E-state index in [1.54, 1.807) is 18.4 Å². The summed E-state index contributed by atoms with van der Waals surface area (Å²) in [6.45, 7) is 0.850. The van der Waals surface area contributed by atoms with E-state index in [-0.39, 0.29) is 0 Å². The molecule has 0 aromatic carbocycles. The molecule has 2 aromatic rings. The molecule has 0 amide bonds. The molecule has 1 aliphatic carbocycles. The van der Waals surface area contributed by atoms with E-state index in [9.17, 15) is 0 Å². The zero-order valence-electron chi connectivity index (χ0n) is 9.08. The van der Waals surface area contributed by atoms with Gasteiger partial charge in [-0.25, -0.2) is 0 Å². The molecule has 1 aliphatic rings. The van der Waals surface area contributed by atoms with Crippen LogP contribution in [0.5, 0.6) is 0 Å². The summed E-state index contributed by atoms with van der Waals surface area (Å²) in [5.74, 6) is 2.70. The third-order valence-electron chi connectivity index (χ3n) is 3.15. The Morgan fingerprint density at radius 1 is 1.38 bits per heavy atom. The van der Waals surface area contributed by atoms with Gasteiger partial charge < -0.3 is 4.74 Å². The summed E-state index contributed by atoms with van der Waals surface area (Å²) in [5, 5.41) is 0. The Bertz CT molecular complexity index is 535. The highest BCUT2D eigenvalue weighted by Crippen LogP contribution is 2.52. The highest BCUT2D eigenvalue weighted by atomic mass is 32.1. The smallest absolute Gasteiger partial charge is 0.0786 e. The van der Waals surface area contributed by atoms with Gasteiger partial charge in [0.25, 0.3) is 0 Å². The fourth-order valence-corrected chi connectivity index (χ4v) is 4.49. The Labute approximate surface area is 103 Å². The molecular formula is C13H12OS2. The molecule has 0 unspecified atom stereocenters. The number of rotatable bonds is 3. The first-order chi connectivity index (χ1) is 7.77. The van der Waals surface area contributed by atoms with Crippen LogP contribution in [0.3, 0.4) is 0 Å². The number of thiophene rings is 2. The Morgan fingerprint density at radius 3 is 2.69 bits per heavy atom. The Hall–Kier alpha value is -0.820. The van der Waals surface area contributed by atoms with E-state index in [0.29, 0.717) is 5.41 Å². The van der Waals surface area contributed by atoms with Crippen molar-refractivity contribution >= 4 is 32.1 Å². The van der Waals surface area contributed by atoms with Gasteiger partial charge in [-0.1, -0.05) is 5.92 Å². The van der Waals surface area contributed by atoms with E-state index < -0.39 is 0 Å². The molecule has 0 saturated heterocycles. The van der Waals surface area contributed by atoms with Crippen molar-refractivity contribution in [2.45, 2.75) is 18.3 Å². The standard InChI is InChI=1S/C13H12OS2/c1-3-9-6-10-11(15-9)7-12(16-10)13(4-5-13)8-14-2/h1,6-7H,4-5,8H2,2H3. The molecule has 3 heteroatoms. The predicted molar refractivity (Wildman–Crippen MR) is 70.4 cm³/mol. The minimum Gasteiger partial charge on any atom is -0.384 e. The Kier molecular flexibility index (Phi) is 2.32. The largest absolute Gasteiger partial charge is 0.384 e. The molecule has 3 rings (SSSR count). The highest BCUT2D eigenvalue weighted by molar-refractivity contribution is 7.28. The minimum absolute atomic E-state index is 0.328. The Morgan fingerprint density at radius 2 is 2.12 bits per heavy atom. The molecule has 0 aliphatic heterocycles. The van der Waals surface area contributed by atoms with Crippen molar-refractivity contribution in [3.05, 3.63) is 21.9 Å². The third-order valence-corrected chi connectivity index (χ3v) is 5.62. The van der Waals surface area contributed by atoms with Crippen LogP contribution in [0.15, 0.2) is 12.1 Å². The number of hydrogen-bond donors (Lipinski definition) is 0. The van der Waals surface area contributed by atoms with Gasteiger partial charge in [0.05, 0.1) is 11.5 Å². The average Bonchev–Trinajstić information content (AvgIpc) is 2.79. The van der Waals surface area contributed by atoms with Crippen LogP contribution >= 0.6 is 22.7 Å². The lowest BCUT2D eigenvalue weighted by atomic mass is 10.1. The van der Waals surface area contributed by atoms with Gasteiger partial charge in [-0.05, 0) is 25.0 Å². The van der Waals surface area contributed by atoms with Crippen LogP contribution in [0, 0.1) is 12.3 Å². The molecule has 16 heavy (non-hydrogen) atoms. The first kappa shape index (κ1) is 10.3. The van der Waals surface area contributed by atoms with Crippen molar-refractivity contribution in [1.29, 1.82) is 0 Å². The van der Waals surface area contributed by atoms with Gasteiger partial charge in [0.1, 0.15) is 0 Å². The van der Waals surface area contributed by atoms with E-state index >= 15 is 0 Å². The summed E-state index contributed by atoms with van der Waals surface area (Å²) < 4.78 is 7.98. The van der Waals surface area contributed by atoms with Gasteiger partial charge in [-0.15, -0.1) is 29.1 Å². The van der Waals surface area contributed by atoms with Crippen molar-refractivity contribution in [1.82, 2.24) is 0 Å². The Balaban J connectivity index is 2.01. The molecule has 82 valence electrons. The SMILES string of the molecule is C#Cc1cc2sc(C3(COC)CC3)cc2s1.